The van der Waals surface area contributed by atoms with Gasteiger partial charge in [0.25, 0.3) is 5.91 Å². The zero-order valence-corrected chi connectivity index (χ0v) is 26.2. The van der Waals surface area contributed by atoms with E-state index in [1.54, 1.807) is 12.0 Å². The SMILES string of the molecule is CCc1ccccc1N=C1SC(=Cc2cc(I)c(OCc3ccccc3)c(OC)c2)C(=O)N1c1ccccc1CC. The molecule has 7 heteroatoms. The van der Waals surface area contributed by atoms with Gasteiger partial charge in [-0.3, -0.25) is 9.69 Å². The van der Waals surface area contributed by atoms with Crippen molar-refractivity contribution >= 4 is 62.9 Å². The van der Waals surface area contributed by atoms with E-state index in [1.807, 2.05) is 84.9 Å². The van der Waals surface area contributed by atoms with Gasteiger partial charge in [-0.15, -0.1) is 0 Å². The highest BCUT2D eigenvalue weighted by Crippen LogP contribution is 2.41. The molecule has 0 N–H and O–H groups in total. The van der Waals surface area contributed by atoms with E-state index in [4.69, 9.17) is 14.5 Å². The molecule has 4 aromatic carbocycles. The normalized spacial score (nSPS) is 15.1. The maximum absolute atomic E-state index is 14.0. The van der Waals surface area contributed by atoms with E-state index < -0.39 is 0 Å². The smallest absolute Gasteiger partial charge is 0.271 e. The molecule has 0 aliphatic carbocycles. The van der Waals surface area contributed by atoms with Crippen molar-refractivity contribution in [1.82, 2.24) is 0 Å². The number of nitrogens with zero attached hydrogens (tertiary/aromatic N) is 2. The number of amides is 1. The van der Waals surface area contributed by atoms with Crippen LogP contribution in [0, 0.1) is 3.57 Å². The van der Waals surface area contributed by atoms with Crippen LogP contribution in [-0.4, -0.2) is 18.2 Å². The van der Waals surface area contributed by atoms with E-state index in [1.165, 1.54) is 11.8 Å². The first kappa shape index (κ1) is 29.0. The third kappa shape index (κ3) is 6.52. The van der Waals surface area contributed by atoms with Crippen molar-refractivity contribution in [3.63, 3.8) is 0 Å². The Bertz CT molecular complexity index is 1620. The molecule has 208 valence electrons. The predicted octanol–water partition coefficient (Wildman–Crippen LogP) is 8.81. The molecule has 1 saturated heterocycles. The van der Waals surface area contributed by atoms with Crippen LogP contribution in [0.15, 0.2) is 101 Å². The zero-order chi connectivity index (χ0) is 28.8. The van der Waals surface area contributed by atoms with Gasteiger partial charge in [-0.2, -0.15) is 0 Å². The maximum atomic E-state index is 14.0. The standard InChI is InChI=1S/C34H31IN2O3S/c1-4-25-15-9-11-17-28(25)36-34-37(29-18-12-10-16-26(29)5-2)33(38)31(41-34)21-24-19-27(35)32(30(20-24)39-3)40-22-23-13-7-6-8-14-23/h6-21H,4-5,22H2,1-3H3. The molecule has 1 fully saturated rings. The number of aryl methyl sites for hydroxylation is 2. The van der Waals surface area contributed by atoms with Gasteiger partial charge >= 0.3 is 0 Å². The Kier molecular flexibility index (Phi) is 9.46. The highest BCUT2D eigenvalue weighted by Gasteiger charge is 2.36. The Hall–Kier alpha value is -3.56. The lowest BCUT2D eigenvalue weighted by molar-refractivity contribution is -0.113. The summed E-state index contributed by atoms with van der Waals surface area (Å²) in [5, 5.41) is 0.646. The number of halogens is 1. The average molecular weight is 675 g/mol. The second-order valence-electron chi connectivity index (χ2n) is 9.42. The Labute approximate surface area is 259 Å². The van der Waals surface area contributed by atoms with Gasteiger partial charge in [0.05, 0.1) is 27.0 Å². The summed E-state index contributed by atoms with van der Waals surface area (Å²) in [6.07, 6.45) is 3.58. The second kappa shape index (κ2) is 13.4. The van der Waals surface area contributed by atoms with Gasteiger partial charge in [0.15, 0.2) is 16.7 Å². The first-order valence-electron chi connectivity index (χ1n) is 13.5. The molecule has 0 atom stereocenters. The molecule has 1 aliphatic heterocycles. The largest absolute Gasteiger partial charge is 0.493 e. The molecule has 0 spiro atoms. The number of carbonyl (C=O) groups excluding carboxylic acids is 1. The number of methoxy groups -OCH3 is 1. The number of benzene rings is 4. The van der Waals surface area contributed by atoms with E-state index in [2.05, 4.69) is 48.6 Å². The van der Waals surface area contributed by atoms with Crippen molar-refractivity contribution in [2.24, 2.45) is 4.99 Å². The summed E-state index contributed by atoms with van der Waals surface area (Å²) in [5.41, 5.74) is 5.90. The molecule has 0 radical (unpaired) electrons. The number of amidine groups is 1. The van der Waals surface area contributed by atoms with Crippen LogP contribution in [0.1, 0.15) is 36.1 Å². The summed E-state index contributed by atoms with van der Waals surface area (Å²) < 4.78 is 12.8. The van der Waals surface area contributed by atoms with E-state index in [0.29, 0.717) is 28.2 Å². The number of carbonyl (C=O) groups is 1. The molecule has 1 heterocycles. The fraction of sp³-hybridized carbons (Fsp3) is 0.176. The molecule has 0 bridgehead atoms. The number of thioether (sulfide) groups is 1. The Morgan fingerprint density at radius 2 is 1.59 bits per heavy atom. The topological polar surface area (TPSA) is 51.1 Å². The monoisotopic (exact) mass is 674 g/mol. The summed E-state index contributed by atoms with van der Waals surface area (Å²) >= 11 is 3.65. The number of para-hydroxylation sites is 2. The van der Waals surface area contributed by atoms with Crippen molar-refractivity contribution in [1.29, 1.82) is 0 Å². The lowest BCUT2D eigenvalue weighted by atomic mass is 10.1. The molecule has 1 aliphatic rings. The Morgan fingerprint density at radius 1 is 0.902 bits per heavy atom. The van der Waals surface area contributed by atoms with Crippen molar-refractivity contribution < 1.29 is 14.3 Å². The van der Waals surface area contributed by atoms with E-state index in [9.17, 15) is 4.79 Å². The van der Waals surface area contributed by atoms with Crippen LogP contribution in [0.4, 0.5) is 11.4 Å². The van der Waals surface area contributed by atoms with Crippen molar-refractivity contribution in [3.05, 3.63) is 122 Å². The Morgan fingerprint density at radius 3 is 2.32 bits per heavy atom. The summed E-state index contributed by atoms with van der Waals surface area (Å²) in [7, 11) is 1.63. The minimum Gasteiger partial charge on any atom is -0.493 e. The fourth-order valence-corrected chi connectivity index (χ4v) is 6.42. The van der Waals surface area contributed by atoms with Crippen LogP contribution in [0.25, 0.3) is 6.08 Å². The van der Waals surface area contributed by atoms with Crippen LogP contribution >= 0.6 is 34.4 Å². The summed E-state index contributed by atoms with van der Waals surface area (Å²) in [5.74, 6) is 1.21. The van der Waals surface area contributed by atoms with Crippen LogP contribution in [0.5, 0.6) is 11.5 Å². The molecule has 41 heavy (non-hydrogen) atoms. The Balaban J connectivity index is 1.52. The van der Waals surface area contributed by atoms with Gasteiger partial charge in [-0.1, -0.05) is 80.6 Å². The van der Waals surface area contributed by atoms with Gasteiger partial charge in [0.2, 0.25) is 0 Å². The van der Waals surface area contributed by atoms with Gasteiger partial charge in [-0.25, -0.2) is 4.99 Å². The zero-order valence-electron chi connectivity index (χ0n) is 23.3. The molecular weight excluding hydrogens is 643 g/mol. The quantitative estimate of drug-likeness (QED) is 0.132. The second-order valence-corrected chi connectivity index (χ2v) is 11.6. The molecule has 5 rings (SSSR count). The van der Waals surface area contributed by atoms with Crippen LogP contribution in [-0.2, 0) is 24.2 Å². The molecule has 5 nitrogen and oxygen atoms in total. The highest BCUT2D eigenvalue weighted by atomic mass is 127. The number of ether oxygens (including phenoxy) is 2. The van der Waals surface area contributed by atoms with Crippen molar-refractivity contribution in [2.75, 3.05) is 12.0 Å². The van der Waals surface area contributed by atoms with Gasteiger partial charge in [0.1, 0.15) is 6.61 Å². The van der Waals surface area contributed by atoms with Crippen LogP contribution in [0.2, 0.25) is 0 Å². The average Bonchev–Trinajstić information content (AvgIpc) is 3.30. The summed E-state index contributed by atoms with van der Waals surface area (Å²) in [6, 6.07) is 30.1. The van der Waals surface area contributed by atoms with E-state index >= 15 is 0 Å². The maximum Gasteiger partial charge on any atom is 0.271 e. The highest BCUT2D eigenvalue weighted by molar-refractivity contribution is 14.1. The first-order valence-corrected chi connectivity index (χ1v) is 15.4. The summed E-state index contributed by atoms with van der Waals surface area (Å²) in [4.78, 5) is 21.4. The number of aliphatic imine (C=N–C) groups is 1. The molecular formula is C34H31IN2O3S. The van der Waals surface area contributed by atoms with Crippen molar-refractivity contribution in [3.8, 4) is 11.5 Å². The first-order chi connectivity index (χ1) is 20.0. The number of rotatable bonds is 9. The molecule has 0 saturated carbocycles. The molecule has 0 aromatic heterocycles. The van der Waals surface area contributed by atoms with Gasteiger partial charge < -0.3 is 9.47 Å². The number of hydrogen-bond acceptors (Lipinski definition) is 5. The van der Waals surface area contributed by atoms with Crippen LogP contribution in [0.3, 0.4) is 0 Å². The molecule has 0 unspecified atom stereocenters. The minimum atomic E-state index is -0.0954. The fourth-order valence-electron chi connectivity index (χ4n) is 4.66. The van der Waals surface area contributed by atoms with E-state index in [0.717, 1.165) is 50.0 Å². The number of anilines is 1. The number of hydrogen-bond donors (Lipinski definition) is 0. The van der Waals surface area contributed by atoms with Gasteiger partial charge in [-0.05, 0) is 99.8 Å². The third-order valence-corrected chi connectivity index (χ3v) is 8.55. The van der Waals surface area contributed by atoms with E-state index in [-0.39, 0.29) is 5.91 Å². The molecule has 1 amide bonds. The van der Waals surface area contributed by atoms with Crippen molar-refractivity contribution in [2.45, 2.75) is 33.3 Å². The molecule has 4 aromatic rings. The van der Waals surface area contributed by atoms with Gasteiger partial charge in [0, 0.05) is 0 Å². The lowest BCUT2D eigenvalue weighted by Gasteiger charge is -2.19. The summed E-state index contributed by atoms with van der Waals surface area (Å²) in [6.45, 7) is 4.65. The lowest BCUT2D eigenvalue weighted by Crippen LogP contribution is -2.29. The minimum absolute atomic E-state index is 0.0954. The van der Waals surface area contributed by atoms with Crippen LogP contribution < -0.4 is 14.4 Å². The third-order valence-electron chi connectivity index (χ3n) is 6.78. The predicted molar refractivity (Wildman–Crippen MR) is 178 cm³/mol.